The first-order chi connectivity index (χ1) is 11.1. The number of benzene rings is 2. The molecule has 2 aromatic carbocycles. The van der Waals surface area contributed by atoms with E-state index in [1.165, 1.54) is 7.22 Å². The normalized spacial score (nSPS) is 11.2. The molecule has 2 rings (SSSR count). The van der Waals surface area contributed by atoms with Crippen molar-refractivity contribution in [3.05, 3.63) is 60.7 Å². The fourth-order valence-electron chi connectivity index (χ4n) is 1.57. The molecule has 0 fully saturated rings. The molecule has 6 heteroatoms. The fraction of sp³-hybridized carbons (Fsp3) is 0.222. The van der Waals surface area contributed by atoms with Crippen LogP contribution in [0.5, 0.6) is 0 Å². The van der Waals surface area contributed by atoms with E-state index in [0.717, 1.165) is 0 Å². The predicted molar refractivity (Wildman–Crippen MR) is 95.3 cm³/mol. The van der Waals surface area contributed by atoms with E-state index in [1.54, 1.807) is 0 Å². The smallest absolute Gasteiger partial charge is 0.418 e. The van der Waals surface area contributed by atoms with Crippen molar-refractivity contribution < 1.29 is 17.3 Å². The third kappa shape index (κ3) is 9.66. The topological polar surface area (TPSA) is 0 Å². The molecule has 0 atom stereocenters. The van der Waals surface area contributed by atoms with E-state index in [0.29, 0.717) is 0 Å². The maximum absolute atomic E-state index is 9.75. The van der Waals surface area contributed by atoms with Crippen molar-refractivity contribution in [2.75, 3.05) is 0 Å². The molecular formula is C18H19BF4Te. The Morgan fingerprint density at radius 3 is 1.38 bits per heavy atom. The molecular weight excluding hydrogens is 431 g/mol. The van der Waals surface area contributed by atoms with Crippen LogP contribution < -0.4 is 7.22 Å². The molecule has 0 aliphatic carbocycles. The van der Waals surface area contributed by atoms with E-state index in [9.17, 15) is 17.3 Å². The molecule has 0 bridgehead atoms. The van der Waals surface area contributed by atoms with E-state index in [-0.39, 0.29) is 5.41 Å². The molecule has 0 aromatic heterocycles. The van der Waals surface area contributed by atoms with Gasteiger partial charge >= 0.3 is 131 Å². The second-order valence-electron chi connectivity index (χ2n) is 5.90. The van der Waals surface area contributed by atoms with Gasteiger partial charge in [-0.3, -0.25) is 0 Å². The first kappa shape index (κ1) is 20.6. The number of hydrogen-bond acceptors (Lipinski definition) is 0. The Kier molecular flexibility index (Phi) is 7.87. The maximum Gasteiger partial charge on any atom is 0.673 e. The van der Waals surface area contributed by atoms with E-state index < -0.39 is 26.8 Å². The summed E-state index contributed by atoms with van der Waals surface area (Å²) < 4.78 is 45.5. The van der Waals surface area contributed by atoms with Gasteiger partial charge in [0.25, 0.3) is 0 Å². The van der Waals surface area contributed by atoms with Crippen LogP contribution in [0.2, 0.25) is 0 Å². The summed E-state index contributed by atoms with van der Waals surface area (Å²) in [6.07, 6.45) is 0. The van der Waals surface area contributed by atoms with Gasteiger partial charge in [0.15, 0.2) is 0 Å². The Hall–Kier alpha value is -1.43. The zero-order valence-electron chi connectivity index (χ0n) is 13.8. The van der Waals surface area contributed by atoms with Crippen molar-refractivity contribution >= 4 is 34.0 Å². The van der Waals surface area contributed by atoms with E-state index in [1.807, 2.05) is 0 Å². The number of halogens is 4. The molecule has 2 aromatic rings. The zero-order chi connectivity index (χ0) is 18.2. The minimum absolute atomic E-state index is 0.0721. The third-order valence-electron chi connectivity index (χ3n) is 2.49. The van der Waals surface area contributed by atoms with Crippen molar-refractivity contribution in [2.24, 2.45) is 5.41 Å². The molecule has 24 heavy (non-hydrogen) atoms. The second kappa shape index (κ2) is 9.16. The van der Waals surface area contributed by atoms with Crippen LogP contribution in [-0.2, 0) is 0 Å². The van der Waals surface area contributed by atoms with Crippen molar-refractivity contribution in [3.8, 4) is 9.89 Å². The molecule has 0 saturated carbocycles. The van der Waals surface area contributed by atoms with Crippen LogP contribution in [0.3, 0.4) is 0 Å². The Bertz CT molecular complexity index is 622. The molecule has 0 N–H and O–H groups in total. The van der Waals surface area contributed by atoms with Crippen LogP contribution in [0, 0.1) is 15.3 Å². The minimum Gasteiger partial charge on any atom is -0.418 e. The Morgan fingerprint density at radius 1 is 0.750 bits per heavy atom. The van der Waals surface area contributed by atoms with Crippen LogP contribution in [0.1, 0.15) is 20.8 Å². The van der Waals surface area contributed by atoms with Gasteiger partial charge in [0.05, 0.1) is 0 Å². The summed E-state index contributed by atoms with van der Waals surface area (Å²) in [5.41, 5.74) is 0.0721. The molecule has 0 heterocycles. The van der Waals surface area contributed by atoms with Crippen LogP contribution >= 0.6 is 0 Å². The maximum atomic E-state index is 9.75. The van der Waals surface area contributed by atoms with Crippen LogP contribution in [0.15, 0.2) is 60.7 Å². The Balaban J connectivity index is 0.000000505. The first-order valence-corrected chi connectivity index (χ1v) is 10.8. The monoisotopic (exact) mass is 452 g/mol. The quantitative estimate of drug-likeness (QED) is 0.366. The van der Waals surface area contributed by atoms with Crippen LogP contribution in [0.4, 0.5) is 17.3 Å². The number of hydrogen-bond donors (Lipinski definition) is 0. The minimum atomic E-state index is -6.00. The molecule has 0 nitrogen and oxygen atoms in total. The third-order valence-corrected chi connectivity index (χ3v) is 7.60. The van der Waals surface area contributed by atoms with Crippen molar-refractivity contribution in [1.82, 2.24) is 0 Å². The summed E-state index contributed by atoms with van der Waals surface area (Å²) in [5, 5.41) is 0. The zero-order valence-corrected chi connectivity index (χ0v) is 16.1. The van der Waals surface area contributed by atoms with E-state index in [4.69, 9.17) is 0 Å². The molecule has 0 aliphatic rings. The largest absolute Gasteiger partial charge is 0.673 e. The summed E-state index contributed by atoms with van der Waals surface area (Å²) in [5.74, 6) is 3.44. The van der Waals surface area contributed by atoms with Gasteiger partial charge in [-0.15, -0.1) is 0 Å². The van der Waals surface area contributed by atoms with Crippen molar-refractivity contribution in [2.45, 2.75) is 20.8 Å². The average Bonchev–Trinajstić information content (AvgIpc) is 2.47. The molecule has 0 aliphatic heterocycles. The first-order valence-electron chi connectivity index (χ1n) is 7.31. The standard InChI is InChI=1S/C18H19Te.BF4/c1-18(2,3)14-15-19(16-10-6-4-7-11-16)17-12-8-5-9-13-17;2-1(3,4)5/h4-13H,1-3H3;/q+1;-1. The molecule has 0 spiro atoms. The summed E-state index contributed by atoms with van der Waals surface area (Å²) in [7, 11) is -6.00. The van der Waals surface area contributed by atoms with Crippen molar-refractivity contribution in [1.29, 1.82) is 0 Å². The van der Waals surface area contributed by atoms with Gasteiger partial charge in [-0.25, -0.2) is 0 Å². The van der Waals surface area contributed by atoms with E-state index >= 15 is 0 Å². The molecule has 0 unspecified atom stereocenters. The second-order valence-corrected chi connectivity index (χ2v) is 10.9. The summed E-state index contributed by atoms with van der Waals surface area (Å²) >= 11 is -1.76. The van der Waals surface area contributed by atoms with Crippen LogP contribution in [0.25, 0.3) is 0 Å². The summed E-state index contributed by atoms with van der Waals surface area (Å²) in [6, 6.07) is 21.5. The Morgan fingerprint density at radius 2 is 1.08 bits per heavy atom. The SMILES string of the molecule is CC(C)(C)C#C[Te+](c1ccccc1)c1ccccc1.F[B-](F)(F)F. The van der Waals surface area contributed by atoms with Gasteiger partial charge in [-0.05, 0) is 0 Å². The molecule has 0 saturated heterocycles. The molecule has 0 radical (unpaired) electrons. The molecule has 128 valence electrons. The summed E-state index contributed by atoms with van der Waals surface area (Å²) in [6.45, 7) is 6.52. The Labute approximate surface area is 148 Å². The summed E-state index contributed by atoms with van der Waals surface area (Å²) in [4.78, 5) is 0. The van der Waals surface area contributed by atoms with Gasteiger partial charge in [0.2, 0.25) is 0 Å². The average molecular weight is 450 g/mol. The fourth-order valence-corrected chi connectivity index (χ4v) is 6.64. The molecule has 0 amide bonds. The van der Waals surface area contributed by atoms with Gasteiger partial charge in [0, 0.05) is 0 Å². The van der Waals surface area contributed by atoms with Gasteiger partial charge in [-0.1, -0.05) is 0 Å². The van der Waals surface area contributed by atoms with Gasteiger partial charge < -0.3 is 17.3 Å². The predicted octanol–water partition coefficient (Wildman–Crippen LogP) is 4.18. The van der Waals surface area contributed by atoms with Crippen LogP contribution in [-0.4, -0.2) is 26.8 Å². The van der Waals surface area contributed by atoms with Crippen molar-refractivity contribution in [3.63, 3.8) is 0 Å². The van der Waals surface area contributed by atoms with Gasteiger partial charge in [-0.2, -0.15) is 0 Å². The van der Waals surface area contributed by atoms with E-state index in [2.05, 4.69) is 91.3 Å². The van der Waals surface area contributed by atoms with Gasteiger partial charge in [0.1, 0.15) is 0 Å². The number of rotatable bonds is 2.